The molecule has 1 aromatic carbocycles. The highest BCUT2D eigenvalue weighted by Crippen LogP contribution is 2.39. The Morgan fingerprint density at radius 3 is 2.65 bits per heavy atom. The molecule has 0 radical (unpaired) electrons. The van der Waals surface area contributed by atoms with Gasteiger partial charge >= 0.3 is 0 Å². The van der Waals surface area contributed by atoms with Crippen LogP contribution in [-0.2, 0) is 16.1 Å². The number of nitrogens with two attached hydrogens (primary N) is 1. The molecule has 5 nitrogen and oxygen atoms in total. The Morgan fingerprint density at radius 2 is 1.91 bits per heavy atom. The molecule has 2 amide bonds. The second-order valence-corrected chi connectivity index (χ2v) is 6.70. The second kappa shape index (κ2) is 7.13. The second-order valence-electron chi connectivity index (χ2n) is 6.70. The highest BCUT2D eigenvalue weighted by Gasteiger charge is 2.44. The van der Waals surface area contributed by atoms with Gasteiger partial charge in [0.15, 0.2) is 0 Å². The van der Waals surface area contributed by atoms with Crippen molar-refractivity contribution < 1.29 is 9.59 Å². The summed E-state index contributed by atoms with van der Waals surface area (Å²) in [6, 6.07) is 9.89. The van der Waals surface area contributed by atoms with Crippen LogP contribution in [0.2, 0.25) is 0 Å². The van der Waals surface area contributed by atoms with Crippen molar-refractivity contribution in [1.82, 2.24) is 10.2 Å². The van der Waals surface area contributed by atoms with E-state index < -0.39 is 0 Å². The number of hydrogen-bond donors (Lipinski definition) is 2. The van der Waals surface area contributed by atoms with E-state index in [0.717, 1.165) is 24.8 Å². The standard InChI is InChI=1S/C18H25N3O2/c19-18(23)16-10-14-8-4-5-9-15(14)21(16)12-17(22)20-11-13-6-2-1-3-7-13/h1-3,6-7,14-16H,4-5,8-12H2,(H2,19,23)(H,20,22)/t14-,15+,16+/m1/s1. The molecule has 1 saturated heterocycles. The molecule has 124 valence electrons. The van der Waals surface area contributed by atoms with Gasteiger partial charge in [-0.3, -0.25) is 14.5 Å². The molecule has 1 saturated carbocycles. The summed E-state index contributed by atoms with van der Waals surface area (Å²) in [7, 11) is 0. The molecule has 0 spiro atoms. The molecule has 1 aromatic rings. The molecule has 2 fully saturated rings. The van der Waals surface area contributed by atoms with Crippen LogP contribution in [0.25, 0.3) is 0 Å². The number of fused-ring (bicyclic) bond motifs is 1. The van der Waals surface area contributed by atoms with Gasteiger partial charge < -0.3 is 11.1 Å². The number of nitrogens with one attached hydrogen (secondary N) is 1. The van der Waals surface area contributed by atoms with E-state index in [2.05, 4.69) is 5.32 Å². The first-order valence-corrected chi connectivity index (χ1v) is 8.51. The summed E-state index contributed by atoms with van der Waals surface area (Å²) in [6.45, 7) is 0.782. The van der Waals surface area contributed by atoms with Crippen LogP contribution in [0, 0.1) is 5.92 Å². The van der Waals surface area contributed by atoms with Gasteiger partial charge in [-0.1, -0.05) is 43.2 Å². The first-order valence-electron chi connectivity index (χ1n) is 8.51. The molecule has 1 aliphatic heterocycles. The van der Waals surface area contributed by atoms with Crippen LogP contribution in [-0.4, -0.2) is 35.3 Å². The number of likely N-dealkylation sites (tertiary alicyclic amines) is 1. The van der Waals surface area contributed by atoms with Gasteiger partial charge in [-0.15, -0.1) is 0 Å². The highest BCUT2D eigenvalue weighted by atomic mass is 16.2. The average molecular weight is 315 g/mol. The van der Waals surface area contributed by atoms with Gasteiger partial charge in [-0.2, -0.15) is 0 Å². The summed E-state index contributed by atoms with van der Waals surface area (Å²) < 4.78 is 0. The van der Waals surface area contributed by atoms with Gasteiger partial charge in [0, 0.05) is 12.6 Å². The summed E-state index contributed by atoms with van der Waals surface area (Å²) in [5, 5.41) is 2.95. The minimum Gasteiger partial charge on any atom is -0.368 e. The zero-order valence-electron chi connectivity index (χ0n) is 13.4. The Balaban J connectivity index is 1.59. The van der Waals surface area contributed by atoms with E-state index in [0.29, 0.717) is 18.5 Å². The van der Waals surface area contributed by atoms with E-state index in [1.165, 1.54) is 12.8 Å². The van der Waals surface area contributed by atoms with Gasteiger partial charge in [0.25, 0.3) is 0 Å². The first-order chi connectivity index (χ1) is 11.1. The molecule has 0 aromatic heterocycles. The summed E-state index contributed by atoms with van der Waals surface area (Å²) in [6.07, 6.45) is 5.43. The predicted molar refractivity (Wildman–Crippen MR) is 88.3 cm³/mol. The van der Waals surface area contributed by atoms with Gasteiger partial charge in [-0.25, -0.2) is 0 Å². The first kappa shape index (κ1) is 16.0. The normalized spacial score (nSPS) is 27.4. The Labute approximate surface area is 137 Å². The maximum atomic E-state index is 12.3. The van der Waals surface area contributed by atoms with Crippen LogP contribution in [0.15, 0.2) is 30.3 Å². The van der Waals surface area contributed by atoms with Crippen LogP contribution in [0.1, 0.15) is 37.7 Å². The van der Waals surface area contributed by atoms with Crippen molar-refractivity contribution >= 4 is 11.8 Å². The van der Waals surface area contributed by atoms with Crippen molar-refractivity contribution in [2.75, 3.05) is 6.54 Å². The fourth-order valence-corrected chi connectivity index (χ4v) is 4.08. The fraction of sp³-hybridized carbons (Fsp3) is 0.556. The van der Waals surface area contributed by atoms with Crippen molar-refractivity contribution in [2.45, 2.75) is 50.7 Å². The van der Waals surface area contributed by atoms with Gasteiger partial charge in [0.05, 0.1) is 12.6 Å². The Bertz CT molecular complexity index is 561. The quantitative estimate of drug-likeness (QED) is 0.863. The minimum absolute atomic E-state index is 0.0358. The highest BCUT2D eigenvalue weighted by molar-refractivity contribution is 5.83. The monoisotopic (exact) mass is 315 g/mol. The average Bonchev–Trinajstić information content (AvgIpc) is 2.93. The molecule has 3 N–H and O–H groups in total. The molecular formula is C18H25N3O2. The maximum Gasteiger partial charge on any atom is 0.234 e. The van der Waals surface area contributed by atoms with E-state index in [4.69, 9.17) is 5.73 Å². The molecule has 3 atom stereocenters. The molecule has 5 heteroatoms. The number of nitrogens with zero attached hydrogens (tertiary/aromatic N) is 1. The maximum absolute atomic E-state index is 12.3. The lowest BCUT2D eigenvalue weighted by molar-refractivity contribution is -0.126. The SMILES string of the molecule is NC(=O)[C@@H]1C[C@H]2CCCC[C@@H]2N1CC(=O)NCc1ccccc1. The molecule has 23 heavy (non-hydrogen) atoms. The predicted octanol–water partition coefficient (Wildman–Crippen LogP) is 1.42. The third-order valence-corrected chi connectivity index (χ3v) is 5.21. The summed E-state index contributed by atoms with van der Waals surface area (Å²) in [5.74, 6) is 0.185. The van der Waals surface area contributed by atoms with E-state index in [-0.39, 0.29) is 24.4 Å². The minimum atomic E-state index is -0.296. The van der Waals surface area contributed by atoms with Crippen LogP contribution >= 0.6 is 0 Å². The van der Waals surface area contributed by atoms with E-state index in [9.17, 15) is 9.59 Å². The lowest BCUT2D eigenvalue weighted by atomic mass is 9.84. The smallest absolute Gasteiger partial charge is 0.234 e. The third kappa shape index (κ3) is 3.72. The molecule has 2 aliphatic rings. The zero-order valence-corrected chi connectivity index (χ0v) is 13.4. The number of amides is 2. The number of hydrogen-bond acceptors (Lipinski definition) is 3. The number of rotatable bonds is 5. The van der Waals surface area contributed by atoms with Crippen LogP contribution in [0.4, 0.5) is 0 Å². The van der Waals surface area contributed by atoms with Crippen molar-refractivity contribution in [3.05, 3.63) is 35.9 Å². The number of benzene rings is 1. The summed E-state index contributed by atoms with van der Waals surface area (Å²) in [4.78, 5) is 26.1. The Morgan fingerprint density at radius 1 is 1.17 bits per heavy atom. The topological polar surface area (TPSA) is 75.4 Å². The van der Waals surface area contributed by atoms with E-state index >= 15 is 0 Å². The molecular weight excluding hydrogens is 290 g/mol. The molecule has 0 unspecified atom stereocenters. The zero-order chi connectivity index (χ0) is 16.2. The van der Waals surface area contributed by atoms with Gasteiger partial charge in [0.2, 0.25) is 11.8 Å². The van der Waals surface area contributed by atoms with Crippen LogP contribution in [0.3, 0.4) is 0 Å². The summed E-state index contributed by atoms with van der Waals surface area (Å²) >= 11 is 0. The molecule has 0 bridgehead atoms. The van der Waals surface area contributed by atoms with Crippen LogP contribution in [0.5, 0.6) is 0 Å². The fourth-order valence-electron chi connectivity index (χ4n) is 4.08. The van der Waals surface area contributed by atoms with Gasteiger partial charge in [0.1, 0.15) is 0 Å². The van der Waals surface area contributed by atoms with Crippen LogP contribution < -0.4 is 11.1 Å². The van der Waals surface area contributed by atoms with E-state index in [1.54, 1.807) is 0 Å². The largest absolute Gasteiger partial charge is 0.368 e. The number of carbonyl (C=O) groups is 2. The van der Waals surface area contributed by atoms with Crippen molar-refractivity contribution in [3.8, 4) is 0 Å². The van der Waals surface area contributed by atoms with E-state index in [1.807, 2.05) is 35.2 Å². The Kier molecular flexibility index (Phi) is 4.96. The lowest BCUT2D eigenvalue weighted by Crippen LogP contribution is -2.49. The van der Waals surface area contributed by atoms with Gasteiger partial charge in [-0.05, 0) is 30.7 Å². The lowest BCUT2D eigenvalue weighted by Gasteiger charge is -2.32. The van der Waals surface area contributed by atoms with Crippen molar-refractivity contribution in [1.29, 1.82) is 0 Å². The third-order valence-electron chi connectivity index (χ3n) is 5.21. The van der Waals surface area contributed by atoms with Crippen molar-refractivity contribution in [3.63, 3.8) is 0 Å². The molecule has 1 aliphatic carbocycles. The summed E-state index contributed by atoms with van der Waals surface area (Å²) in [5.41, 5.74) is 6.64. The van der Waals surface area contributed by atoms with Crippen molar-refractivity contribution in [2.24, 2.45) is 11.7 Å². The number of carbonyl (C=O) groups excluding carboxylic acids is 2. The molecule has 3 rings (SSSR count). The molecule has 1 heterocycles. The number of primary amides is 1. The Hall–Kier alpha value is -1.88.